The highest BCUT2D eigenvalue weighted by molar-refractivity contribution is 9.10. The van der Waals surface area contributed by atoms with Crippen LogP contribution >= 0.6 is 15.9 Å². The van der Waals surface area contributed by atoms with Gasteiger partial charge in [-0.05, 0) is 22.0 Å². The summed E-state index contributed by atoms with van der Waals surface area (Å²) in [5, 5.41) is 9.31. The number of aromatic nitrogens is 1. The first-order valence-corrected chi connectivity index (χ1v) is 4.51. The highest BCUT2D eigenvalue weighted by Gasteiger charge is 2.13. The lowest BCUT2D eigenvalue weighted by molar-refractivity contribution is -0.0804. The van der Waals surface area contributed by atoms with Crippen LogP contribution in [0, 0.1) is 0 Å². The van der Waals surface area contributed by atoms with Crippen molar-refractivity contribution in [1.29, 1.82) is 0 Å². The topological polar surface area (TPSA) is 85.4 Å². The van der Waals surface area contributed by atoms with Crippen molar-refractivity contribution in [3.8, 4) is 0 Å². The SMILES string of the molecule is COC(O)c1ncc(C(N)=O)cc1Br. The van der Waals surface area contributed by atoms with Crippen molar-refractivity contribution in [2.45, 2.75) is 6.29 Å². The molecule has 0 radical (unpaired) electrons. The highest BCUT2D eigenvalue weighted by atomic mass is 79.9. The summed E-state index contributed by atoms with van der Waals surface area (Å²) in [5.74, 6) is -0.573. The maximum atomic E-state index is 10.8. The predicted octanol–water partition coefficient (Wildman–Crippen LogP) is 0.580. The Kier molecular flexibility index (Phi) is 3.56. The van der Waals surface area contributed by atoms with Gasteiger partial charge in [0.15, 0.2) is 6.29 Å². The fourth-order valence-corrected chi connectivity index (χ4v) is 1.42. The summed E-state index contributed by atoms with van der Waals surface area (Å²) < 4.78 is 5.14. The van der Waals surface area contributed by atoms with Gasteiger partial charge < -0.3 is 15.6 Å². The molecule has 1 aromatic rings. The Bertz CT molecular complexity index is 356. The molecule has 0 aliphatic rings. The molecule has 0 saturated heterocycles. The number of halogens is 1. The normalized spacial score (nSPS) is 12.5. The Hall–Kier alpha value is -0.980. The van der Waals surface area contributed by atoms with Crippen LogP contribution in [0.15, 0.2) is 16.7 Å². The number of pyridine rings is 1. The minimum Gasteiger partial charge on any atom is -0.366 e. The summed E-state index contributed by atoms with van der Waals surface area (Å²) in [6, 6.07) is 1.48. The summed E-state index contributed by atoms with van der Waals surface area (Å²) in [6.07, 6.45) is 0.163. The first-order chi connectivity index (χ1) is 6.56. The van der Waals surface area contributed by atoms with E-state index in [0.29, 0.717) is 10.2 Å². The summed E-state index contributed by atoms with van der Waals surface area (Å²) >= 11 is 3.15. The number of hydrogen-bond donors (Lipinski definition) is 2. The summed E-state index contributed by atoms with van der Waals surface area (Å²) in [4.78, 5) is 14.6. The molecule has 0 spiro atoms. The quantitative estimate of drug-likeness (QED) is 0.779. The van der Waals surface area contributed by atoms with Gasteiger partial charge in [0.05, 0.1) is 5.56 Å². The van der Waals surface area contributed by atoms with Gasteiger partial charge in [0.2, 0.25) is 5.91 Å². The fraction of sp³-hybridized carbons (Fsp3) is 0.250. The van der Waals surface area contributed by atoms with Crippen molar-refractivity contribution in [2.75, 3.05) is 7.11 Å². The fourth-order valence-electron chi connectivity index (χ4n) is 0.877. The lowest BCUT2D eigenvalue weighted by Gasteiger charge is -2.09. The molecule has 1 unspecified atom stereocenters. The van der Waals surface area contributed by atoms with Crippen LogP contribution in [0.1, 0.15) is 22.3 Å². The number of hydrogen-bond acceptors (Lipinski definition) is 4. The van der Waals surface area contributed by atoms with E-state index in [1.807, 2.05) is 0 Å². The van der Waals surface area contributed by atoms with Crippen molar-refractivity contribution in [3.63, 3.8) is 0 Å². The maximum Gasteiger partial charge on any atom is 0.250 e. The van der Waals surface area contributed by atoms with Crippen LogP contribution in [0.3, 0.4) is 0 Å². The number of carbonyl (C=O) groups is 1. The molecule has 1 heterocycles. The van der Waals surface area contributed by atoms with Crippen LogP contribution in [-0.4, -0.2) is 23.1 Å². The molecule has 0 aliphatic carbocycles. The van der Waals surface area contributed by atoms with E-state index < -0.39 is 12.2 Å². The Morgan fingerprint density at radius 2 is 2.43 bits per heavy atom. The number of ether oxygens (including phenoxy) is 1. The number of rotatable bonds is 3. The molecule has 14 heavy (non-hydrogen) atoms. The molecule has 1 amide bonds. The number of carbonyl (C=O) groups excluding carboxylic acids is 1. The van der Waals surface area contributed by atoms with Crippen molar-refractivity contribution in [2.24, 2.45) is 5.73 Å². The molecular formula is C8H9BrN2O3. The monoisotopic (exact) mass is 260 g/mol. The van der Waals surface area contributed by atoms with E-state index in [1.165, 1.54) is 19.4 Å². The van der Waals surface area contributed by atoms with E-state index in [4.69, 9.17) is 5.73 Å². The molecule has 0 saturated carbocycles. The van der Waals surface area contributed by atoms with Crippen LogP contribution < -0.4 is 5.73 Å². The van der Waals surface area contributed by atoms with Crippen LogP contribution in [0.2, 0.25) is 0 Å². The maximum absolute atomic E-state index is 10.8. The van der Waals surface area contributed by atoms with Crippen molar-refractivity contribution in [3.05, 3.63) is 28.0 Å². The van der Waals surface area contributed by atoms with Gasteiger partial charge in [0.25, 0.3) is 0 Å². The highest BCUT2D eigenvalue weighted by Crippen LogP contribution is 2.22. The minimum atomic E-state index is -1.12. The third-order valence-corrected chi connectivity index (χ3v) is 2.25. The van der Waals surface area contributed by atoms with Gasteiger partial charge in [0, 0.05) is 17.8 Å². The van der Waals surface area contributed by atoms with Gasteiger partial charge in [-0.1, -0.05) is 0 Å². The molecule has 0 fully saturated rings. The molecule has 1 rings (SSSR count). The lowest BCUT2D eigenvalue weighted by Crippen LogP contribution is -2.13. The van der Waals surface area contributed by atoms with Crippen molar-refractivity contribution < 1.29 is 14.6 Å². The first kappa shape index (κ1) is 11.1. The standard InChI is InChI=1S/C8H9BrN2O3/c1-14-8(13)6-5(9)2-4(3-11-6)7(10)12/h2-3,8,13H,1H3,(H2,10,12). The first-order valence-electron chi connectivity index (χ1n) is 3.72. The van der Waals surface area contributed by atoms with E-state index in [-0.39, 0.29) is 5.56 Å². The van der Waals surface area contributed by atoms with Gasteiger partial charge in [-0.2, -0.15) is 0 Å². The Morgan fingerprint density at radius 1 is 1.79 bits per heavy atom. The van der Waals surface area contributed by atoms with Gasteiger partial charge in [-0.3, -0.25) is 9.78 Å². The number of aliphatic hydroxyl groups excluding tert-OH is 1. The van der Waals surface area contributed by atoms with Gasteiger partial charge in [0.1, 0.15) is 5.69 Å². The molecule has 6 heteroatoms. The van der Waals surface area contributed by atoms with Gasteiger partial charge >= 0.3 is 0 Å². The molecular weight excluding hydrogens is 252 g/mol. The average molecular weight is 261 g/mol. The summed E-state index contributed by atoms with van der Waals surface area (Å²) in [7, 11) is 1.35. The molecule has 1 atom stereocenters. The molecule has 3 N–H and O–H groups in total. The second-order valence-electron chi connectivity index (χ2n) is 2.54. The molecule has 76 valence electrons. The second-order valence-corrected chi connectivity index (χ2v) is 3.40. The molecule has 1 aromatic heterocycles. The number of aliphatic hydroxyl groups is 1. The number of primary amides is 1. The molecule has 0 aliphatic heterocycles. The van der Waals surface area contributed by atoms with Crippen LogP contribution in [0.5, 0.6) is 0 Å². The Morgan fingerprint density at radius 3 is 2.86 bits per heavy atom. The molecule has 5 nitrogen and oxygen atoms in total. The van der Waals surface area contributed by atoms with Crippen LogP contribution in [0.4, 0.5) is 0 Å². The summed E-state index contributed by atoms with van der Waals surface area (Å²) in [6.45, 7) is 0. The lowest BCUT2D eigenvalue weighted by atomic mass is 10.2. The number of amides is 1. The van der Waals surface area contributed by atoms with E-state index in [9.17, 15) is 9.90 Å². The van der Waals surface area contributed by atoms with Crippen LogP contribution in [0.25, 0.3) is 0 Å². The zero-order chi connectivity index (χ0) is 10.7. The number of nitrogens with zero attached hydrogens (tertiary/aromatic N) is 1. The van der Waals surface area contributed by atoms with Crippen molar-refractivity contribution >= 4 is 21.8 Å². The Labute approximate surface area is 89.0 Å². The van der Waals surface area contributed by atoms with E-state index in [0.717, 1.165) is 0 Å². The number of nitrogens with two attached hydrogens (primary N) is 1. The zero-order valence-electron chi connectivity index (χ0n) is 7.40. The predicted molar refractivity (Wildman–Crippen MR) is 52.4 cm³/mol. The van der Waals surface area contributed by atoms with E-state index >= 15 is 0 Å². The second kappa shape index (κ2) is 4.50. The van der Waals surface area contributed by atoms with E-state index in [1.54, 1.807) is 0 Å². The third-order valence-electron chi connectivity index (χ3n) is 1.61. The zero-order valence-corrected chi connectivity index (χ0v) is 8.98. The van der Waals surface area contributed by atoms with Gasteiger partial charge in [-0.15, -0.1) is 0 Å². The van der Waals surface area contributed by atoms with Gasteiger partial charge in [-0.25, -0.2) is 0 Å². The third kappa shape index (κ3) is 2.28. The minimum absolute atomic E-state index is 0.268. The smallest absolute Gasteiger partial charge is 0.250 e. The largest absolute Gasteiger partial charge is 0.366 e. The summed E-state index contributed by atoms with van der Waals surface area (Å²) in [5.41, 5.74) is 5.62. The average Bonchev–Trinajstić information content (AvgIpc) is 2.16. The molecule has 0 bridgehead atoms. The van der Waals surface area contributed by atoms with Crippen LogP contribution in [-0.2, 0) is 4.74 Å². The van der Waals surface area contributed by atoms with E-state index in [2.05, 4.69) is 25.7 Å². The van der Waals surface area contributed by atoms with Crippen molar-refractivity contribution in [1.82, 2.24) is 4.98 Å². The Balaban J connectivity index is 3.07. The number of methoxy groups -OCH3 is 1. The molecule has 0 aromatic carbocycles.